The number of rotatable bonds is 6. The molecule has 0 saturated carbocycles. The molecule has 0 spiro atoms. The third kappa shape index (κ3) is 8.40. The van der Waals surface area contributed by atoms with E-state index in [-0.39, 0.29) is 6.04 Å². The summed E-state index contributed by atoms with van der Waals surface area (Å²) in [6.45, 7) is 9.68. The maximum atomic E-state index is 8.86. The average molecular weight is 214 g/mol. The molecule has 0 rings (SSSR count). The Bertz CT molecular complexity index is 179. The Hall–Kier alpha value is -0.200. The molecule has 0 aromatic carbocycles. The number of hydrogen-bond donors (Lipinski definition) is 1. The minimum Gasteiger partial charge on any atom is -0.302 e. The first-order valence-electron chi connectivity index (χ1n) is 5.26. The first-order valence-corrected chi connectivity index (χ1v) is 6.25. The molecule has 0 aliphatic heterocycles. The molecule has 1 N–H and O–H groups in total. The Morgan fingerprint density at radius 3 is 2.50 bits per heavy atom. The highest BCUT2D eigenvalue weighted by Crippen LogP contribution is 2.23. The van der Waals surface area contributed by atoms with Gasteiger partial charge < -0.3 is 5.32 Å². The summed E-state index contributed by atoms with van der Waals surface area (Å²) in [6, 6.07) is 2.33. The minimum absolute atomic E-state index is 0.0322. The van der Waals surface area contributed by atoms with Crippen LogP contribution in [0.3, 0.4) is 0 Å². The lowest BCUT2D eigenvalue weighted by Gasteiger charge is -2.18. The van der Waals surface area contributed by atoms with E-state index in [0.29, 0.717) is 4.75 Å². The van der Waals surface area contributed by atoms with Gasteiger partial charge in [0.1, 0.15) is 0 Å². The van der Waals surface area contributed by atoms with Gasteiger partial charge in [-0.1, -0.05) is 27.7 Å². The lowest BCUT2D eigenvalue weighted by molar-refractivity contribution is 0.584. The van der Waals surface area contributed by atoms with E-state index in [1.165, 1.54) is 0 Å². The molecule has 3 heteroatoms. The highest BCUT2D eigenvalue weighted by molar-refractivity contribution is 8.00. The van der Waals surface area contributed by atoms with E-state index in [1.807, 2.05) is 11.8 Å². The zero-order chi connectivity index (χ0) is 11.0. The van der Waals surface area contributed by atoms with E-state index in [0.717, 1.165) is 25.1 Å². The van der Waals surface area contributed by atoms with Gasteiger partial charge in [0.05, 0.1) is 12.1 Å². The van der Waals surface area contributed by atoms with Crippen LogP contribution in [0.5, 0.6) is 0 Å². The summed E-state index contributed by atoms with van der Waals surface area (Å²) < 4.78 is 0.310. The summed E-state index contributed by atoms with van der Waals surface area (Å²) in [7, 11) is 0. The number of thioether (sulfide) groups is 1. The van der Waals surface area contributed by atoms with E-state index in [4.69, 9.17) is 5.26 Å². The predicted octanol–water partition coefficient (Wildman–Crippen LogP) is 2.80. The van der Waals surface area contributed by atoms with Crippen LogP contribution in [0.25, 0.3) is 0 Å². The normalized spacial score (nSPS) is 13.6. The van der Waals surface area contributed by atoms with Gasteiger partial charge in [-0.05, 0) is 25.1 Å². The van der Waals surface area contributed by atoms with Gasteiger partial charge in [0.25, 0.3) is 0 Å². The molecule has 82 valence electrons. The minimum atomic E-state index is 0.0322. The third-order valence-corrected chi connectivity index (χ3v) is 3.04. The summed E-state index contributed by atoms with van der Waals surface area (Å²) in [5.41, 5.74) is 0. The molecule has 0 aromatic rings. The molecule has 0 bridgehead atoms. The lowest BCUT2D eigenvalue weighted by Crippen LogP contribution is -2.29. The van der Waals surface area contributed by atoms with Crippen LogP contribution in [-0.4, -0.2) is 23.1 Å². The van der Waals surface area contributed by atoms with Crippen molar-refractivity contribution >= 4 is 11.8 Å². The van der Waals surface area contributed by atoms with Crippen molar-refractivity contribution in [2.24, 2.45) is 0 Å². The molecule has 1 unspecified atom stereocenters. The highest BCUT2D eigenvalue weighted by Gasteiger charge is 2.12. The van der Waals surface area contributed by atoms with Crippen LogP contribution >= 0.6 is 11.8 Å². The second-order valence-corrected chi connectivity index (χ2v) is 6.31. The zero-order valence-electron chi connectivity index (χ0n) is 9.76. The molecule has 0 aromatic heterocycles. The molecule has 0 aliphatic carbocycles. The quantitative estimate of drug-likeness (QED) is 0.738. The molecular formula is C11H22N2S. The molecule has 0 heterocycles. The van der Waals surface area contributed by atoms with Crippen LogP contribution in [0.15, 0.2) is 0 Å². The van der Waals surface area contributed by atoms with Crippen LogP contribution in [0.1, 0.15) is 40.5 Å². The van der Waals surface area contributed by atoms with Crippen molar-refractivity contribution in [3.05, 3.63) is 0 Å². The van der Waals surface area contributed by atoms with Crippen LogP contribution in [0, 0.1) is 11.3 Å². The zero-order valence-corrected chi connectivity index (χ0v) is 10.6. The maximum Gasteiger partial charge on any atom is 0.0960 e. The monoisotopic (exact) mass is 214 g/mol. The van der Waals surface area contributed by atoms with Gasteiger partial charge in [-0.25, -0.2) is 0 Å². The van der Waals surface area contributed by atoms with Crippen molar-refractivity contribution in [1.29, 1.82) is 5.26 Å². The van der Waals surface area contributed by atoms with Gasteiger partial charge in [0.15, 0.2) is 0 Å². The van der Waals surface area contributed by atoms with Gasteiger partial charge >= 0.3 is 0 Å². The van der Waals surface area contributed by atoms with Crippen molar-refractivity contribution in [1.82, 2.24) is 5.32 Å². The lowest BCUT2D eigenvalue weighted by atomic mass is 10.2. The topological polar surface area (TPSA) is 35.8 Å². The first-order chi connectivity index (χ1) is 6.49. The Labute approximate surface area is 92.5 Å². The van der Waals surface area contributed by atoms with Gasteiger partial charge in [-0.2, -0.15) is 17.0 Å². The molecule has 0 aliphatic rings. The smallest absolute Gasteiger partial charge is 0.0960 e. The van der Waals surface area contributed by atoms with Gasteiger partial charge in [0, 0.05) is 4.75 Å². The van der Waals surface area contributed by atoms with Gasteiger partial charge in [-0.3, -0.25) is 0 Å². The van der Waals surface area contributed by atoms with Crippen molar-refractivity contribution in [3.63, 3.8) is 0 Å². The fraction of sp³-hybridized carbons (Fsp3) is 0.909. The molecule has 0 amide bonds. The van der Waals surface area contributed by atoms with Gasteiger partial charge in [0.2, 0.25) is 0 Å². The second kappa shape index (κ2) is 7.14. The van der Waals surface area contributed by atoms with Crippen molar-refractivity contribution < 1.29 is 0 Å². The molecule has 0 fully saturated rings. The molecule has 2 nitrogen and oxygen atoms in total. The Morgan fingerprint density at radius 2 is 2.07 bits per heavy atom. The molecule has 14 heavy (non-hydrogen) atoms. The maximum absolute atomic E-state index is 8.86. The largest absolute Gasteiger partial charge is 0.302 e. The summed E-state index contributed by atoms with van der Waals surface area (Å²) in [5.74, 6) is 1.05. The Morgan fingerprint density at radius 1 is 1.43 bits per heavy atom. The van der Waals surface area contributed by atoms with E-state index >= 15 is 0 Å². The van der Waals surface area contributed by atoms with Crippen LogP contribution in [0.2, 0.25) is 0 Å². The van der Waals surface area contributed by atoms with Gasteiger partial charge in [-0.15, -0.1) is 0 Å². The van der Waals surface area contributed by atoms with Crippen LogP contribution in [0.4, 0.5) is 0 Å². The van der Waals surface area contributed by atoms with Crippen molar-refractivity contribution in [2.75, 3.05) is 12.3 Å². The number of nitrogens with zero attached hydrogens (tertiary/aromatic N) is 1. The summed E-state index contributed by atoms with van der Waals surface area (Å²) in [6.07, 6.45) is 2.03. The highest BCUT2D eigenvalue weighted by atomic mass is 32.2. The fourth-order valence-electron chi connectivity index (χ4n) is 1.01. The number of nitriles is 1. The second-order valence-electron chi connectivity index (χ2n) is 4.39. The van der Waals surface area contributed by atoms with E-state index < -0.39 is 0 Å². The molecular weight excluding hydrogens is 192 g/mol. The molecule has 0 saturated heterocycles. The summed E-state index contributed by atoms with van der Waals surface area (Å²) in [5, 5.41) is 12.1. The number of nitrogens with one attached hydrogen (secondary N) is 1. The van der Waals surface area contributed by atoms with E-state index in [2.05, 4.69) is 39.1 Å². The van der Waals surface area contributed by atoms with E-state index in [9.17, 15) is 0 Å². The van der Waals surface area contributed by atoms with Crippen molar-refractivity contribution in [3.8, 4) is 6.07 Å². The molecule has 1 atom stereocenters. The Kier molecular flexibility index (Phi) is 7.04. The van der Waals surface area contributed by atoms with Crippen LogP contribution < -0.4 is 5.32 Å². The third-order valence-electron chi connectivity index (χ3n) is 1.74. The average Bonchev–Trinajstić information content (AvgIpc) is 2.09. The van der Waals surface area contributed by atoms with Crippen LogP contribution in [-0.2, 0) is 0 Å². The van der Waals surface area contributed by atoms with Crippen molar-refractivity contribution in [2.45, 2.75) is 51.3 Å². The van der Waals surface area contributed by atoms with E-state index in [1.54, 1.807) is 0 Å². The first kappa shape index (κ1) is 13.8. The molecule has 0 radical (unpaired) electrons. The SMILES string of the molecule is CCCNC(C#N)CCSC(C)(C)C. The standard InChI is InChI=1S/C11H22N2S/c1-5-7-13-10(9-12)6-8-14-11(2,3)4/h10,13H,5-8H2,1-4H3. The Balaban J connectivity index is 3.59. The summed E-state index contributed by atoms with van der Waals surface area (Å²) in [4.78, 5) is 0. The number of hydrogen-bond acceptors (Lipinski definition) is 3. The fourth-order valence-corrected chi connectivity index (χ4v) is 1.98. The summed E-state index contributed by atoms with van der Waals surface area (Å²) >= 11 is 1.92. The predicted molar refractivity (Wildman–Crippen MR) is 64.5 cm³/mol.